The molecule has 1 heterocycles. The van der Waals surface area contributed by atoms with E-state index < -0.39 is 0 Å². The second-order valence-electron chi connectivity index (χ2n) is 6.93. The fourth-order valence-electron chi connectivity index (χ4n) is 3.30. The Bertz CT molecular complexity index is 812. The summed E-state index contributed by atoms with van der Waals surface area (Å²) in [5.41, 5.74) is 1.79. The molecular formula is C22H25ClN2O3. The average molecular weight is 401 g/mol. The average Bonchev–Trinajstić information content (AvgIpc) is 3.10. The van der Waals surface area contributed by atoms with Gasteiger partial charge >= 0.3 is 0 Å². The summed E-state index contributed by atoms with van der Waals surface area (Å²) in [7, 11) is 0. The van der Waals surface area contributed by atoms with Crippen molar-refractivity contribution in [2.45, 2.75) is 25.9 Å². The van der Waals surface area contributed by atoms with E-state index >= 15 is 0 Å². The third-order valence-electron chi connectivity index (χ3n) is 4.90. The van der Waals surface area contributed by atoms with Crippen molar-refractivity contribution in [3.05, 3.63) is 65.2 Å². The summed E-state index contributed by atoms with van der Waals surface area (Å²) in [5.74, 6) is -0.528. The Balaban J connectivity index is 1.40. The van der Waals surface area contributed by atoms with Gasteiger partial charge in [0.1, 0.15) is 0 Å². The highest BCUT2D eigenvalue weighted by Crippen LogP contribution is 2.31. The van der Waals surface area contributed by atoms with Gasteiger partial charge in [0, 0.05) is 26.1 Å². The molecule has 0 radical (unpaired) electrons. The summed E-state index contributed by atoms with van der Waals surface area (Å²) in [6, 6.07) is 17.2. The van der Waals surface area contributed by atoms with Crippen molar-refractivity contribution in [2.24, 2.45) is 5.92 Å². The van der Waals surface area contributed by atoms with Gasteiger partial charge < -0.3 is 15.0 Å². The van der Waals surface area contributed by atoms with E-state index in [2.05, 4.69) is 5.32 Å². The van der Waals surface area contributed by atoms with Crippen LogP contribution in [0.3, 0.4) is 0 Å². The highest BCUT2D eigenvalue weighted by atomic mass is 35.5. The molecule has 1 saturated heterocycles. The molecule has 1 fully saturated rings. The molecule has 2 aromatic carbocycles. The van der Waals surface area contributed by atoms with Gasteiger partial charge in [-0.2, -0.15) is 0 Å². The molecule has 5 nitrogen and oxygen atoms in total. The number of nitrogens with one attached hydrogen (secondary N) is 1. The number of benzene rings is 2. The van der Waals surface area contributed by atoms with E-state index in [0.29, 0.717) is 30.4 Å². The Morgan fingerprint density at radius 2 is 1.93 bits per heavy atom. The molecule has 0 spiro atoms. The first-order chi connectivity index (χ1) is 13.6. The number of para-hydroxylation sites is 1. The quantitative estimate of drug-likeness (QED) is 0.682. The van der Waals surface area contributed by atoms with E-state index in [4.69, 9.17) is 16.3 Å². The van der Waals surface area contributed by atoms with Crippen molar-refractivity contribution in [1.82, 2.24) is 5.32 Å². The Hall–Kier alpha value is -2.37. The molecule has 1 N–H and O–H groups in total. The Labute approximate surface area is 170 Å². The van der Waals surface area contributed by atoms with Crippen LogP contribution in [0.15, 0.2) is 54.6 Å². The smallest absolute Gasteiger partial charge is 0.227 e. The number of carbonyl (C=O) groups excluding carboxylic acids is 2. The van der Waals surface area contributed by atoms with Crippen LogP contribution < -0.4 is 10.2 Å². The molecule has 2 amide bonds. The number of hydrogen-bond acceptors (Lipinski definition) is 3. The molecule has 6 heteroatoms. The lowest BCUT2D eigenvalue weighted by atomic mass is 10.1. The first kappa shape index (κ1) is 20.4. The summed E-state index contributed by atoms with van der Waals surface area (Å²) in [6.45, 7) is 3.46. The number of ether oxygens (including phenoxy) is 1. The van der Waals surface area contributed by atoms with E-state index in [0.717, 1.165) is 12.0 Å². The van der Waals surface area contributed by atoms with Gasteiger partial charge in [-0.05, 0) is 31.0 Å². The summed E-state index contributed by atoms with van der Waals surface area (Å²) in [4.78, 5) is 26.3. The molecule has 2 aromatic rings. The zero-order valence-corrected chi connectivity index (χ0v) is 16.7. The fourth-order valence-corrected chi connectivity index (χ4v) is 3.53. The lowest BCUT2D eigenvalue weighted by molar-refractivity contribution is -0.126. The van der Waals surface area contributed by atoms with Gasteiger partial charge in [-0.15, -0.1) is 0 Å². The third kappa shape index (κ3) is 5.12. The SMILES string of the molecule is CC(OCCCNC(=O)C1CC(=O)N(c2ccccc2Cl)C1)c1ccccc1. The number of nitrogens with zero attached hydrogens (tertiary/aromatic N) is 1. The molecule has 148 valence electrons. The van der Waals surface area contributed by atoms with Crippen LogP contribution in [0.1, 0.15) is 31.4 Å². The maximum atomic E-state index is 12.4. The molecule has 0 aromatic heterocycles. The van der Waals surface area contributed by atoms with Gasteiger partial charge in [0.05, 0.1) is 22.7 Å². The number of rotatable bonds is 8. The molecule has 0 saturated carbocycles. The summed E-state index contributed by atoms with van der Waals surface area (Å²) < 4.78 is 5.81. The second-order valence-corrected chi connectivity index (χ2v) is 7.33. The minimum absolute atomic E-state index is 0.0218. The van der Waals surface area contributed by atoms with E-state index in [1.54, 1.807) is 17.0 Å². The fraction of sp³-hybridized carbons (Fsp3) is 0.364. The van der Waals surface area contributed by atoms with E-state index in [1.807, 2.05) is 49.4 Å². The van der Waals surface area contributed by atoms with Crippen LogP contribution in [0.25, 0.3) is 0 Å². The first-order valence-electron chi connectivity index (χ1n) is 9.55. The maximum absolute atomic E-state index is 12.4. The highest BCUT2D eigenvalue weighted by molar-refractivity contribution is 6.33. The summed E-state index contributed by atoms with van der Waals surface area (Å²) in [5, 5.41) is 3.43. The van der Waals surface area contributed by atoms with E-state index in [1.165, 1.54) is 0 Å². The van der Waals surface area contributed by atoms with E-state index in [9.17, 15) is 9.59 Å². The summed E-state index contributed by atoms with van der Waals surface area (Å²) in [6.07, 6.45) is 0.949. The van der Waals surface area contributed by atoms with Gasteiger partial charge in [-0.1, -0.05) is 54.1 Å². The minimum atomic E-state index is -0.354. The molecular weight excluding hydrogens is 376 g/mol. The molecule has 2 unspecified atom stereocenters. The predicted octanol–water partition coefficient (Wildman–Crippen LogP) is 3.98. The largest absolute Gasteiger partial charge is 0.374 e. The first-order valence-corrected chi connectivity index (χ1v) is 9.93. The third-order valence-corrected chi connectivity index (χ3v) is 5.22. The van der Waals surface area contributed by atoms with Gasteiger partial charge in [0.25, 0.3) is 0 Å². The van der Waals surface area contributed by atoms with E-state index in [-0.39, 0.29) is 30.3 Å². The minimum Gasteiger partial charge on any atom is -0.374 e. The molecule has 0 bridgehead atoms. The molecule has 0 aliphatic carbocycles. The number of anilines is 1. The van der Waals surface area contributed by atoms with Crippen molar-refractivity contribution in [3.63, 3.8) is 0 Å². The van der Waals surface area contributed by atoms with Gasteiger partial charge in [-0.25, -0.2) is 0 Å². The van der Waals surface area contributed by atoms with Gasteiger partial charge in [0.15, 0.2) is 0 Å². The van der Waals surface area contributed by atoms with Crippen molar-refractivity contribution in [1.29, 1.82) is 0 Å². The van der Waals surface area contributed by atoms with Crippen molar-refractivity contribution < 1.29 is 14.3 Å². The highest BCUT2D eigenvalue weighted by Gasteiger charge is 2.35. The molecule has 1 aliphatic heterocycles. The van der Waals surface area contributed by atoms with Crippen LogP contribution in [0.4, 0.5) is 5.69 Å². The summed E-state index contributed by atoms with van der Waals surface area (Å²) >= 11 is 6.18. The van der Waals surface area contributed by atoms with Crippen LogP contribution in [-0.4, -0.2) is 31.5 Å². The Morgan fingerprint density at radius 1 is 1.21 bits per heavy atom. The van der Waals surface area contributed by atoms with Crippen molar-refractivity contribution >= 4 is 29.1 Å². The second kappa shape index (κ2) is 9.71. The van der Waals surface area contributed by atoms with Gasteiger partial charge in [0.2, 0.25) is 11.8 Å². The standard InChI is InChI=1S/C22H25ClN2O3/c1-16(17-8-3-2-4-9-17)28-13-7-12-24-22(27)18-14-21(26)25(15-18)20-11-6-5-10-19(20)23/h2-6,8-11,16,18H,7,12-15H2,1H3,(H,24,27). The van der Waals surface area contributed by atoms with Gasteiger partial charge in [-0.3, -0.25) is 9.59 Å². The Kier molecular flexibility index (Phi) is 7.06. The van der Waals surface area contributed by atoms with Crippen molar-refractivity contribution in [2.75, 3.05) is 24.6 Å². The lowest BCUT2D eigenvalue weighted by Crippen LogP contribution is -2.34. The van der Waals surface area contributed by atoms with Crippen LogP contribution in [-0.2, 0) is 14.3 Å². The zero-order chi connectivity index (χ0) is 19.9. The van der Waals surface area contributed by atoms with Crippen molar-refractivity contribution in [3.8, 4) is 0 Å². The predicted molar refractivity (Wildman–Crippen MR) is 110 cm³/mol. The number of halogens is 1. The molecule has 2 atom stereocenters. The number of amides is 2. The molecule has 28 heavy (non-hydrogen) atoms. The Morgan fingerprint density at radius 3 is 2.68 bits per heavy atom. The van der Waals surface area contributed by atoms with Crippen LogP contribution >= 0.6 is 11.6 Å². The lowest BCUT2D eigenvalue weighted by Gasteiger charge is -2.18. The van der Waals surface area contributed by atoms with Crippen LogP contribution in [0.2, 0.25) is 5.02 Å². The normalized spacial score (nSPS) is 17.6. The monoisotopic (exact) mass is 400 g/mol. The van der Waals surface area contributed by atoms with Crippen LogP contribution in [0.5, 0.6) is 0 Å². The van der Waals surface area contributed by atoms with Crippen LogP contribution in [0, 0.1) is 5.92 Å². The molecule has 1 aliphatic rings. The topological polar surface area (TPSA) is 58.6 Å². The number of hydrogen-bond donors (Lipinski definition) is 1. The number of carbonyl (C=O) groups is 2. The zero-order valence-electron chi connectivity index (χ0n) is 15.9. The maximum Gasteiger partial charge on any atom is 0.227 e. The molecule has 3 rings (SSSR count).